The highest BCUT2D eigenvalue weighted by molar-refractivity contribution is 5.96. The summed E-state index contributed by atoms with van der Waals surface area (Å²) in [5, 5.41) is 12.9. The SMILES string of the molecule is N=C(N)c1cc(F)ccc1Cn1ncc2ccccc21. The zero-order valence-electron chi connectivity index (χ0n) is 10.7. The van der Waals surface area contributed by atoms with Crippen molar-refractivity contribution in [2.24, 2.45) is 5.73 Å². The molecule has 0 aliphatic heterocycles. The van der Waals surface area contributed by atoms with Gasteiger partial charge in [0.1, 0.15) is 11.7 Å². The van der Waals surface area contributed by atoms with E-state index in [1.807, 2.05) is 28.9 Å². The van der Waals surface area contributed by atoms with E-state index in [4.69, 9.17) is 11.1 Å². The quantitative estimate of drug-likeness (QED) is 0.566. The van der Waals surface area contributed by atoms with E-state index in [-0.39, 0.29) is 5.84 Å². The van der Waals surface area contributed by atoms with Crippen molar-refractivity contribution in [1.29, 1.82) is 5.41 Å². The third-order valence-corrected chi connectivity index (χ3v) is 3.23. The van der Waals surface area contributed by atoms with E-state index in [1.54, 1.807) is 12.3 Å². The molecule has 0 spiro atoms. The lowest BCUT2D eigenvalue weighted by molar-refractivity contribution is 0.624. The minimum absolute atomic E-state index is 0.143. The molecule has 3 rings (SSSR count). The minimum Gasteiger partial charge on any atom is -0.384 e. The fourth-order valence-electron chi connectivity index (χ4n) is 2.25. The number of aromatic nitrogens is 2. The Morgan fingerprint density at radius 2 is 2.05 bits per heavy atom. The third-order valence-electron chi connectivity index (χ3n) is 3.23. The maximum Gasteiger partial charge on any atom is 0.123 e. The molecule has 0 bridgehead atoms. The fraction of sp³-hybridized carbons (Fsp3) is 0.0667. The zero-order valence-corrected chi connectivity index (χ0v) is 10.7. The minimum atomic E-state index is -0.399. The molecule has 0 radical (unpaired) electrons. The van der Waals surface area contributed by atoms with Crippen LogP contribution in [0.25, 0.3) is 10.9 Å². The first-order valence-electron chi connectivity index (χ1n) is 6.18. The molecule has 4 nitrogen and oxygen atoms in total. The van der Waals surface area contributed by atoms with Gasteiger partial charge in [-0.05, 0) is 23.8 Å². The topological polar surface area (TPSA) is 67.7 Å². The van der Waals surface area contributed by atoms with E-state index < -0.39 is 5.82 Å². The van der Waals surface area contributed by atoms with Gasteiger partial charge in [0.05, 0.1) is 18.3 Å². The Bertz CT molecular complexity index is 791. The van der Waals surface area contributed by atoms with Crippen molar-refractivity contribution in [1.82, 2.24) is 9.78 Å². The number of amidine groups is 1. The summed E-state index contributed by atoms with van der Waals surface area (Å²) in [6.45, 7) is 0.447. The van der Waals surface area contributed by atoms with Crippen LogP contribution in [-0.2, 0) is 6.54 Å². The van der Waals surface area contributed by atoms with Gasteiger partial charge in [-0.2, -0.15) is 5.10 Å². The van der Waals surface area contributed by atoms with Crippen molar-refractivity contribution in [2.75, 3.05) is 0 Å². The maximum absolute atomic E-state index is 13.3. The first-order valence-corrected chi connectivity index (χ1v) is 6.18. The van der Waals surface area contributed by atoms with Crippen LogP contribution in [0.1, 0.15) is 11.1 Å². The van der Waals surface area contributed by atoms with Gasteiger partial charge in [-0.1, -0.05) is 24.3 Å². The number of para-hydroxylation sites is 1. The van der Waals surface area contributed by atoms with Crippen molar-refractivity contribution in [3.63, 3.8) is 0 Å². The van der Waals surface area contributed by atoms with Crippen LogP contribution in [0.15, 0.2) is 48.7 Å². The van der Waals surface area contributed by atoms with Gasteiger partial charge in [-0.3, -0.25) is 10.1 Å². The molecule has 0 saturated heterocycles. The molecule has 100 valence electrons. The molecule has 0 saturated carbocycles. The van der Waals surface area contributed by atoms with E-state index in [9.17, 15) is 4.39 Å². The van der Waals surface area contributed by atoms with Gasteiger partial charge in [0.25, 0.3) is 0 Å². The lowest BCUT2D eigenvalue weighted by Crippen LogP contribution is -2.16. The second kappa shape index (κ2) is 4.77. The van der Waals surface area contributed by atoms with Gasteiger partial charge in [0.15, 0.2) is 0 Å². The second-order valence-electron chi connectivity index (χ2n) is 4.58. The van der Waals surface area contributed by atoms with Gasteiger partial charge in [-0.15, -0.1) is 0 Å². The normalized spacial score (nSPS) is 10.8. The number of nitrogen functional groups attached to an aromatic ring is 1. The number of nitrogens with one attached hydrogen (secondary N) is 1. The Morgan fingerprint density at radius 3 is 2.85 bits per heavy atom. The lowest BCUT2D eigenvalue weighted by atomic mass is 10.1. The van der Waals surface area contributed by atoms with Gasteiger partial charge >= 0.3 is 0 Å². The molecule has 0 aliphatic rings. The summed E-state index contributed by atoms with van der Waals surface area (Å²) in [6, 6.07) is 12.1. The second-order valence-corrected chi connectivity index (χ2v) is 4.58. The molecule has 20 heavy (non-hydrogen) atoms. The Kier molecular flexibility index (Phi) is 2.95. The van der Waals surface area contributed by atoms with E-state index in [0.29, 0.717) is 12.1 Å². The Balaban J connectivity index is 2.05. The molecule has 0 amide bonds. The molecular weight excluding hydrogens is 255 g/mol. The number of fused-ring (bicyclic) bond motifs is 1. The number of halogens is 1. The molecule has 0 aliphatic carbocycles. The summed E-state index contributed by atoms with van der Waals surface area (Å²) in [5.74, 6) is -0.541. The van der Waals surface area contributed by atoms with Crippen molar-refractivity contribution in [3.8, 4) is 0 Å². The van der Waals surface area contributed by atoms with Gasteiger partial charge in [0.2, 0.25) is 0 Å². The maximum atomic E-state index is 13.3. The Labute approximate surface area is 115 Å². The molecule has 5 heteroatoms. The zero-order chi connectivity index (χ0) is 14.1. The predicted molar refractivity (Wildman–Crippen MR) is 76.3 cm³/mol. The highest BCUT2D eigenvalue weighted by Gasteiger charge is 2.09. The predicted octanol–water partition coefficient (Wildman–Crippen LogP) is 2.51. The van der Waals surface area contributed by atoms with E-state index in [1.165, 1.54) is 12.1 Å². The Hall–Kier alpha value is -2.69. The highest BCUT2D eigenvalue weighted by atomic mass is 19.1. The fourth-order valence-corrected chi connectivity index (χ4v) is 2.25. The number of nitrogens with zero attached hydrogens (tertiary/aromatic N) is 2. The number of nitrogens with two attached hydrogens (primary N) is 1. The summed E-state index contributed by atoms with van der Waals surface area (Å²) in [7, 11) is 0. The number of hydrogen-bond donors (Lipinski definition) is 2. The first kappa shape index (κ1) is 12.3. The van der Waals surface area contributed by atoms with Gasteiger partial charge in [-0.25, -0.2) is 4.39 Å². The van der Waals surface area contributed by atoms with E-state index >= 15 is 0 Å². The van der Waals surface area contributed by atoms with Crippen LogP contribution >= 0.6 is 0 Å². The largest absolute Gasteiger partial charge is 0.384 e. The van der Waals surface area contributed by atoms with Crippen LogP contribution in [0.5, 0.6) is 0 Å². The third kappa shape index (κ3) is 2.14. The van der Waals surface area contributed by atoms with Crippen LogP contribution in [0.2, 0.25) is 0 Å². The van der Waals surface area contributed by atoms with E-state index in [2.05, 4.69) is 5.10 Å². The van der Waals surface area contributed by atoms with Gasteiger partial charge in [0, 0.05) is 10.9 Å². The molecule has 1 aromatic heterocycles. The highest BCUT2D eigenvalue weighted by Crippen LogP contribution is 2.17. The summed E-state index contributed by atoms with van der Waals surface area (Å²) in [4.78, 5) is 0. The Morgan fingerprint density at radius 1 is 1.25 bits per heavy atom. The molecule has 0 atom stereocenters. The van der Waals surface area contributed by atoms with E-state index in [0.717, 1.165) is 16.5 Å². The summed E-state index contributed by atoms with van der Waals surface area (Å²) in [6.07, 6.45) is 1.78. The summed E-state index contributed by atoms with van der Waals surface area (Å²) >= 11 is 0. The van der Waals surface area contributed by atoms with Crippen molar-refractivity contribution >= 4 is 16.7 Å². The van der Waals surface area contributed by atoms with Crippen molar-refractivity contribution < 1.29 is 4.39 Å². The number of rotatable bonds is 3. The molecule has 3 aromatic rings. The average molecular weight is 268 g/mol. The summed E-state index contributed by atoms with van der Waals surface area (Å²) < 4.78 is 15.1. The number of benzene rings is 2. The van der Waals surface area contributed by atoms with Crippen molar-refractivity contribution in [2.45, 2.75) is 6.54 Å². The molecular formula is C15H13FN4. The standard InChI is InChI=1S/C15H13FN4/c16-12-6-5-11(13(7-12)15(17)18)9-20-14-4-2-1-3-10(14)8-19-20/h1-8H,9H2,(H3,17,18). The molecule has 1 heterocycles. The monoisotopic (exact) mass is 268 g/mol. The first-order chi connectivity index (χ1) is 9.65. The van der Waals surface area contributed by atoms with Crippen LogP contribution in [-0.4, -0.2) is 15.6 Å². The molecule has 0 fully saturated rings. The van der Waals surface area contributed by atoms with Crippen LogP contribution < -0.4 is 5.73 Å². The smallest absolute Gasteiger partial charge is 0.123 e. The van der Waals surface area contributed by atoms with Crippen LogP contribution in [0.3, 0.4) is 0 Å². The van der Waals surface area contributed by atoms with Crippen molar-refractivity contribution in [3.05, 3.63) is 65.6 Å². The number of hydrogen-bond acceptors (Lipinski definition) is 2. The molecule has 3 N–H and O–H groups in total. The van der Waals surface area contributed by atoms with Gasteiger partial charge < -0.3 is 5.73 Å². The average Bonchev–Trinajstić information content (AvgIpc) is 2.84. The van der Waals surface area contributed by atoms with Crippen LogP contribution in [0, 0.1) is 11.2 Å². The molecule has 2 aromatic carbocycles. The van der Waals surface area contributed by atoms with Crippen LogP contribution in [0.4, 0.5) is 4.39 Å². The summed E-state index contributed by atoms with van der Waals surface area (Å²) in [5.41, 5.74) is 7.68. The molecule has 0 unspecified atom stereocenters. The lowest BCUT2D eigenvalue weighted by Gasteiger charge is -2.09.